The molecule has 1 saturated heterocycles. The third kappa shape index (κ3) is 2.58. The van der Waals surface area contributed by atoms with Gasteiger partial charge in [0, 0.05) is 13.1 Å². The first-order valence-corrected chi connectivity index (χ1v) is 6.31. The predicted molar refractivity (Wildman–Crippen MR) is 66.8 cm³/mol. The lowest BCUT2D eigenvalue weighted by Crippen LogP contribution is -2.22. The molecule has 2 unspecified atom stereocenters. The molecule has 1 aromatic rings. The Labute approximate surface area is 106 Å². The fourth-order valence-corrected chi connectivity index (χ4v) is 2.57. The average molecular weight is 248 g/mol. The van der Waals surface area contributed by atoms with Crippen molar-refractivity contribution in [2.75, 3.05) is 24.7 Å². The molecule has 1 aliphatic heterocycles. The van der Waals surface area contributed by atoms with E-state index in [2.05, 4.69) is 21.8 Å². The molecular formula is C13H17FN4. The van der Waals surface area contributed by atoms with Crippen LogP contribution in [0.4, 0.5) is 10.3 Å². The maximum atomic E-state index is 12.5. The number of alkyl halides is 1. The molecule has 0 radical (unpaired) electrons. The predicted octanol–water partition coefficient (Wildman–Crippen LogP) is 2.17. The van der Waals surface area contributed by atoms with Gasteiger partial charge in [-0.05, 0) is 18.3 Å². The lowest BCUT2D eigenvalue weighted by Gasteiger charge is -2.15. The maximum absolute atomic E-state index is 12.5. The molecule has 1 fully saturated rings. The Morgan fingerprint density at radius 2 is 2.06 bits per heavy atom. The molecule has 0 saturated carbocycles. The van der Waals surface area contributed by atoms with Crippen LogP contribution in [0.15, 0.2) is 12.4 Å². The molecule has 0 N–H and O–H groups in total. The van der Waals surface area contributed by atoms with Gasteiger partial charge in [0.2, 0.25) is 5.95 Å². The lowest BCUT2D eigenvalue weighted by molar-refractivity contribution is 0.334. The minimum absolute atomic E-state index is 0.261. The van der Waals surface area contributed by atoms with Crippen LogP contribution in [0.1, 0.15) is 25.3 Å². The van der Waals surface area contributed by atoms with Crippen molar-refractivity contribution in [1.29, 1.82) is 5.26 Å². The second kappa shape index (κ2) is 5.76. The standard InChI is InChI=1S/C13H17FN4/c1-2-11-8-18(9-12(11)3-4-14)13-16-6-10(5-15)7-17-13/h6-7,11-12H,2-4,8-9H2,1H3. The molecule has 2 rings (SSSR count). The molecule has 1 aliphatic rings. The van der Waals surface area contributed by atoms with Crippen molar-refractivity contribution in [2.45, 2.75) is 19.8 Å². The van der Waals surface area contributed by atoms with Gasteiger partial charge < -0.3 is 4.90 Å². The molecule has 2 heterocycles. The lowest BCUT2D eigenvalue weighted by atomic mass is 9.91. The van der Waals surface area contributed by atoms with E-state index in [-0.39, 0.29) is 6.67 Å². The molecule has 0 bridgehead atoms. The first kappa shape index (κ1) is 12.7. The zero-order chi connectivity index (χ0) is 13.0. The van der Waals surface area contributed by atoms with Gasteiger partial charge in [-0.25, -0.2) is 9.97 Å². The monoisotopic (exact) mass is 248 g/mol. The zero-order valence-corrected chi connectivity index (χ0v) is 10.5. The second-order valence-electron chi connectivity index (χ2n) is 4.69. The molecule has 5 heteroatoms. The van der Waals surface area contributed by atoms with Crippen molar-refractivity contribution in [3.63, 3.8) is 0 Å². The van der Waals surface area contributed by atoms with Crippen LogP contribution < -0.4 is 4.90 Å². The third-order valence-electron chi connectivity index (χ3n) is 3.63. The zero-order valence-electron chi connectivity index (χ0n) is 10.5. The Bertz CT molecular complexity index is 426. The summed E-state index contributed by atoms with van der Waals surface area (Å²) in [7, 11) is 0. The van der Waals surface area contributed by atoms with E-state index in [1.807, 2.05) is 6.07 Å². The number of nitrogens with zero attached hydrogens (tertiary/aromatic N) is 4. The molecule has 18 heavy (non-hydrogen) atoms. The van der Waals surface area contributed by atoms with Gasteiger partial charge in [0.05, 0.1) is 24.6 Å². The molecular weight excluding hydrogens is 231 g/mol. The van der Waals surface area contributed by atoms with Crippen molar-refractivity contribution >= 4 is 5.95 Å². The van der Waals surface area contributed by atoms with E-state index >= 15 is 0 Å². The third-order valence-corrected chi connectivity index (χ3v) is 3.63. The summed E-state index contributed by atoms with van der Waals surface area (Å²) in [4.78, 5) is 10.5. The first-order chi connectivity index (χ1) is 8.78. The molecule has 4 nitrogen and oxygen atoms in total. The summed E-state index contributed by atoms with van der Waals surface area (Å²) in [6.07, 6.45) is 4.74. The van der Waals surface area contributed by atoms with Gasteiger partial charge >= 0.3 is 0 Å². The van der Waals surface area contributed by atoms with Crippen LogP contribution in [0.2, 0.25) is 0 Å². The van der Waals surface area contributed by atoms with Crippen LogP contribution in [-0.4, -0.2) is 29.7 Å². The van der Waals surface area contributed by atoms with Crippen LogP contribution in [0, 0.1) is 23.2 Å². The summed E-state index contributed by atoms with van der Waals surface area (Å²) in [6, 6.07) is 2.00. The Balaban J connectivity index is 2.08. The molecule has 2 atom stereocenters. The van der Waals surface area contributed by atoms with Crippen molar-refractivity contribution < 1.29 is 4.39 Å². The highest BCUT2D eigenvalue weighted by molar-refractivity contribution is 5.34. The van der Waals surface area contributed by atoms with Gasteiger partial charge in [-0.3, -0.25) is 4.39 Å². The Morgan fingerprint density at radius 3 is 2.61 bits per heavy atom. The molecule has 96 valence electrons. The van der Waals surface area contributed by atoms with E-state index in [1.54, 1.807) is 0 Å². The van der Waals surface area contributed by atoms with Gasteiger partial charge in [-0.15, -0.1) is 0 Å². The van der Waals surface area contributed by atoms with Gasteiger partial charge in [0.1, 0.15) is 6.07 Å². The van der Waals surface area contributed by atoms with E-state index < -0.39 is 0 Å². The minimum Gasteiger partial charge on any atom is -0.340 e. The van der Waals surface area contributed by atoms with Crippen LogP contribution in [0.5, 0.6) is 0 Å². The smallest absolute Gasteiger partial charge is 0.225 e. The number of anilines is 1. The van der Waals surface area contributed by atoms with Gasteiger partial charge in [0.15, 0.2) is 0 Å². The minimum atomic E-state index is -0.261. The molecule has 0 amide bonds. The maximum Gasteiger partial charge on any atom is 0.225 e. The van der Waals surface area contributed by atoms with Gasteiger partial charge in [-0.2, -0.15) is 5.26 Å². The van der Waals surface area contributed by atoms with E-state index in [4.69, 9.17) is 5.26 Å². The summed E-state index contributed by atoms with van der Waals surface area (Å²) in [5.41, 5.74) is 0.463. The summed E-state index contributed by atoms with van der Waals surface area (Å²) < 4.78 is 12.5. The number of hydrogen-bond acceptors (Lipinski definition) is 4. The summed E-state index contributed by atoms with van der Waals surface area (Å²) >= 11 is 0. The molecule has 0 aliphatic carbocycles. The number of hydrogen-bond donors (Lipinski definition) is 0. The van der Waals surface area contributed by atoms with Gasteiger partial charge in [-0.1, -0.05) is 13.3 Å². The van der Waals surface area contributed by atoms with Crippen molar-refractivity contribution in [1.82, 2.24) is 9.97 Å². The Kier molecular flexibility index (Phi) is 4.08. The fraction of sp³-hybridized carbons (Fsp3) is 0.615. The van der Waals surface area contributed by atoms with E-state index in [1.165, 1.54) is 12.4 Å². The highest BCUT2D eigenvalue weighted by atomic mass is 19.1. The highest BCUT2D eigenvalue weighted by Gasteiger charge is 2.32. The Morgan fingerprint density at radius 1 is 1.39 bits per heavy atom. The van der Waals surface area contributed by atoms with Crippen molar-refractivity contribution in [2.24, 2.45) is 11.8 Å². The first-order valence-electron chi connectivity index (χ1n) is 6.31. The average Bonchev–Trinajstić information content (AvgIpc) is 2.82. The molecule has 0 spiro atoms. The van der Waals surface area contributed by atoms with Crippen LogP contribution >= 0.6 is 0 Å². The van der Waals surface area contributed by atoms with E-state index in [0.717, 1.165) is 19.5 Å². The van der Waals surface area contributed by atoms with Crippen LogP contribution in [-0.2, 0) is 0 Å². The topological polar surface area (TPSA) is 52.8 Å². The normalized spacial score (nSPS) is 23.1. The molecule has 1 aromatic heterocycles. The van der Waals surface area contributed by atoms with Gasteiger partial charge in [0.25, 0.3) is 0 Å². The highest BCUT2D eigenvalue weighted by Crippen LogP contribution is 2.30. The SMILES string of the molecule is CCC1CN(c2ncc(C#N)cn2)CC1CCF. The number of aromatic nitrogens is 2. The Hall–Kier alpha value is -1.70. The largest absolute Gasteiger partial charge is 0.340 e. The molecule has 0 aromatic carbocycles. The summed E-state index contributed by atoms with van der Waals surface area (Å²) in [5, 5.41) is 8.70. The van der Waals surface area contributed by atoms with Crippen molar-refractivity contribution in [3.05, 3.63) is 18.0 Å². The summed E-state index contributed by atoms with van der Waals surface area (Å²) in [6.45, 7) is 3.57. The van der Waals surface area contributed by atoms with E-state index in [9.17, 15) is 4.39 Å². The van der Waals surface area contributed by atoms with E-state index in [0.29, 0.717) is 29.8 Å². The van der Waals surface area contributed by atoms with Crippen LogP contribution in [0.25, 0.3) is 0 Å². The number of nitriles is 1. The number of halogens is 1. The van der Waals surface area contributed by atoms with Crippen molar-refractivity contribution in [3.8, 4) is 6.07 Å². The summed E-state index contributed by atoms with van der Waals surface area (Å²) in [5.74, 6) is 1.55. The van der Waals surface area contributed by atoms with Crippen LogP contribution in [0.3, 0.4) is 0 Å². The number of rotatable bonds is 4. The second-order valence-corrected chi connectivity index (χ2v) is 4.69. The fourth-order valence-electron chi connectivity index (χ4n) is 2.57. The quantitative estimate of drug-likeness (QED) is 0.819.